The van der Waals surface area contributed by atoms with Crippen molar-refractivity contribution in [2.24, 2.45) is 5.92 Å². The van der Waals surface area contributed by atoms with Crippen LogP contribution in [-0.2, 0) is 14.3 Å². The number of hydrogen-bond donors (Lipinski definition) is 0. The van der Waals surface area contributed by atoms with Crippen LogP contribution in [-0.4, -0.2) is 50.0 Å². The van der Waals surface area contributed by atoms with Crippen molar-refractivity contribution in [2.75, 3.05) is 32.9 Å². The van der Waals surface area contributed by atoms with Gasteiger partial charge >= 0.3 is 0 Å². The Morgan fingerprint density at radius 3 is 2.50 bits per heavy atom. The standard InChI is InChI=1S/C22H30ClNO4/c23-18-6-7-20(19(14-18)16-4-2-1-3-5-16)28-15-21(25)24-10-8-17(9-11-24)22-26-12-13-27-22/h6-7,14,16-17,22H,1-5,8-13,15H2. The van der Waals surface area contributed by atoms with Crippen LogP contribution in [0.1, 0.15) is 56.4 Å². The van der Waals surface area contributed by atoms with Crippen LogP contribution >= 0.6 is 11.6 Å². The number of amides is 1. The fourth-order valence-corrected chi connectivity index (χ4v) is 4.86. The highest BCUT2D eigenvalue weighted by Crippen LogP contribution is 2.38. The molecule has 5 nitrogen and oxygen atoms in total. The number of carbonyl (C=O) groups excluding carboxylic acids is 1. The van der Waals surface area contributed by atoms with Crippen molar-refractivity contribution in [3.63, 3.8) is 0 Å². The molecule has 154 valence electrons. The zero-order chi connectivity index (χ0) is 19.3. The Morgan fingerprint density at radius 1 is 1.07 bits per heavy atom. The number of hydrogen-bond acceptors (Lipinski definition) is 4. The van der Waals surface area contributed by atoms with E-state index in [9.17, 15) is 4.79 Å². The third-order valence-corrected chi connectivity index (χ3v) is 6.53. The number of likely N-dealkylation sites (tertiary alicyclic amines) is 1. The Bertz CT molecular complexity index is 663. The fraction of sp³-hybridized carbons (Fsp3) is 0.682. The largest absolute Gasteiger partial charge is 0.483 e. The number of rotatable bonds is 5. The topological polar surface area (TPSA) is 48.0 Å². The first-order valence-electron chi connectivity index (χ1n) is 10.6. The highest BCUT2D eigenvalue weighted by atomic mass is 35.5. The zero-order valence-electron chi connectivity index (χ0n) is 16.4. The number of piperidine rings is 1. The van der Waals surface area contributed by atoms with E-state index in [0.717, 1.165) is 42.3 Å². The molecule has 0 bridgehead atoms. The van der Waals surface area contributed by atoms with Crippen LogP contribution in [0.25, 0.3) is 0 Å². The quantitative estimate of drug-likeness (QED) is 0.726. The molecular weight excluding hydrogens is 378 g/mol. The molecule has 2 saturated heterocycles. The van der Waals surface area contributed by atoms with Crippen LogP contribution < -0.4 is 4.74 Å². The summed E-state index contributed by atoms with van der Waals surface area (Å²) < 4.78 is 17.2. The molecule has 2 heterocycles. The van der Waals surface area contributed by atoms with Crippen molar-refractivity contribution in [3.8, 4) is 5.75 Å². The second-order valence-corrected chi connectivity index (χ2v) is 8.57. The van der Waals surface area contributed by atoms with Gasteiger partial charge in [-0.05, 0) is 55.4 Å². The molecule has 1 aliphatic carbocycles. The van der Waals surface area contributed by atoms with E-state index in [-0.39, 0.29) is 18.8 Å². The summed E-state index contributed by atoms with van der Waals surface area (Å²) >= 11 is 6.24. The molecular formula is C22H30ClNO4. The van der Waals surface area contributed by atoms with Gasteiger partial charge in [-0.25, -0.2) is 0 Å². The lowest BCUT2D eigenvalue weighted by Crippen LogP contribution is -2.43. The molecule has 0 unspecified atom stereocenters. The first-order chi connectivity index (χ1) is 13.7. The van der Waals surface area contributed by atoms with E-state index >= 15 is 0 Å². The van der Waals surface area contributed by atoms with Crippen LogP contribution in [0.15, 0.2) is 18.2 Å². The molecule has 6 heteroatoms. The van der Waals surface area contributed by atoms with Crippen molar-refractivity contribution in [1.29, 1.82) is 0 Å². The van der Waals surface area contributed by atoms with Gasteiger partial charge in [-0.2, -0.15) is 0 Å². The molecule has 0 aromatic heterocycles. The summed E-state index contributed by atoms with van der Waals surface area (Å²) in [5, 5.41) is 0.734. The van der Waals surface area contributed by atoms with Crippen LogP contribution in [0.3, 0.4) is 0 Å². The predicted molar refractivity (Wildman–Crippen MR) is 108 cm³/mol. The molecule has 0 N–H and O–H groups in total. The number of ether oxygens (including phenoxy) is 3. The Morgan fingerprint density at radius 2 is 1.79 bits per heavy atom. The molecule has 0 spiro atoms. The maximum absolute atomic E-state index is 12.7. The summed E-state index contributed by atoms with van der Waals surface area (Å²) in [4.78, 5) is 14.6. The Kier molecular flexibility index (Phi) is 6.76. The Balaban J connectivity index is 1.31. The zero-order valence-corrected chi connectivity index (χ0v) is 17.2. The van der Waals surface area contributed by atoms with E-state index in [4.69, 9.17) is 25.8 Å². The predicted octanol–water partition coefficient (Wildman–Crippen LogP) is 4.38. The minimum Gasteiger partial charge on any atom is -0.483 e. The van der Waals surface area contributed by atoms with Gasteiger partial charge in [0.25, 0.3) is 5.91 Å². The SMILES string of the molecule is O=C(COc1ccc(Cl)cc1C1CCCCC1)N1CCC(C2OCCO2)CC1. The summed E-state index contributed by atoms with van der Waals surface area (Å²) in [6.07, 6.45) is 7.90. The number of halogens is 1. The van der Waals surface area contributed by atoms with Gasteiger partial charge in [0.2, 0.25) is 0 Å². The summed E-state index contributed by atoms with van der Waals surface area (Å²) in [6.45, 7) is 2.94. The van der Waals surface area contributed by atoms with Crippen LogP contribution in [0.2, 0.25) is 5.02 Å². The first-order valence-corrected chi connectivity index (χ1v) is 11.0. The van der Waals surface area contributed by atoms with Crippen molar-refractivity contribution >= 4 is 17.5 Å². The monoisotopic (exact) mass is 407 g/mol. The average Bonchev–Trinajstić information content (AvgIpc) is 3.28. The highest BCUT2D eigenvalue weighted by molar-refractivity contribution is 6.30. The van der Waals surface area contributed by atoms with Crippen molar-refractivity contribution in [2.45, 2.75) is 57.2 Å². The van der Waals surface area contributed by atoms with Gasteiger partial charge in [0.1, 0.15) is 5.75 Å². The van der Waals surface area contributed by atoms with Gasteiger partial charge in [0, 0.05) is 24.0 Å². The number of nitrogens with zero attached hydrogens (tertiary/aromatic N) is 1. The molecule has 4 rings (SSSR count). The van der Waals surface area contributed by atoms with E-state index in [1.165, 1.54) is 32.1 Å². The maximum atomic E-state index is 12.7. The second-order valence-electron chi connectivity index (χ2n) is 8.13. The van der Waals surface area contributed by atoms with Crippen molar-refractivity contribution in [1.82, 2.24) is 4.90 Å². The van der Waals surface area contributed by atoms with Gasteiger partial charge in [-0.3, -0.25) is 4.79 Å². The van der Waals surface area contributed by atoms with Gasteiger partial charge in [-0.15, -0.1) is 0 Å². The van der Waals surface area contributed by atoms with Gasteiger partial charge in [0.15, 0.2) is 12.9 Å². The molecule has 3 aliphatic rings. The summed E-state index contributed by atoms with van der Waals surface area (Å²) in [6, 6.07) is 5.78. The first kappa shape index (κ1) is 20.0. The third-order valence-electron chi connectivity index (χ3n) is 6.29. The van der Waals surface area contributed by atoms with Crippen LogP contribution in [0.4, 0.5) is 0 Å². The van der Waals surface area contributed by atoms with E-state index in [1.54, 1.807) is 0 Å². The summed E-state index contributed by atoms with van der Waals surface area (Å²) in [7, 11) is 0. The number of benzene rings is 1. The number of carbonyl (C=O) groups is 1. The maximum Gasteiger partial charge on any atom is 0.260 e. The average molecular weight is 408 g/mol. The molecule has 1 aromatic carbocycles. The van der Waals surface area contributed by atoms with E-state index in [1.807, 2.05) is 23.1 Å². The third kappa shape index (κ3) is 4.81. The van der Waals surface area contributed by atoms with E-state index < -0.39 is 0 Å². The minimum atomic E-state index is -0.0828. The molecule has 0 radical (unpaired) electrons. The normalized spacial score (nSPS) is 22.5. The van der Waals surface area contributed by atoms with Crippen molar-refractivity contribution in [3.05, 3.63) is 28.8 Å². The fourth-order valence-electron chi connectivity index (χ4n) is 4.68. The van der Waals surface area contributed by atoms with Crippen LogP contribution in [0, 0.1) is 5.92 Å². The Hall–Kier alpha value is -1.30. The summed E-state index contributed by atoms with van der Waals surface area (Å²) in [5.41, 5.74) is 1.16. The molecule has 2 aliphatic heterocycles. The second kappa shape index (κ2) is 9.47. The lowest BCUT2D eigenvalue weighted by molar-refractivity contribution is -0.138. The lowest BCUT2D eigenvalue weighted by Gasteiger charge is -2.34. The smallest absolute Gasteiger partial charge is 0.260 e. The van der Waals surface area contributed by atoms with Gasteiger partial charge < -0.3 is 19.1 Å². The molecule has 3 fully saturated rings. The molecule has 1 saturated carbocycles. The lowest BCUT2D eigenvalue weighted by atomic mass is 9.84. The molecule has 28 heavy (non-hydrogen) atoms. The van der Waals surface area contributed by atoms with Gasteiger partial charge in [-0.1, -0.05) is 30.9 Å². The Labute approximate surface area is 172 Å². The summed E-state index contributed by atoms with van der Waals surface area (Å²) in [5.74, 6) is 1.74. The van der Waals surface area contributed by atoms with Crippen molar-refractivity contribution < 1.29 is 19.0 Å². The van der Waals surface area contributed by atoms with E-state index in [0.29, 0.717) is 25.0 Å². The minimum absolute atomic E-state index is 0.0521. The van der Waals surface area contributed by atoms with E-state index in [2.05, 4.69) is 0 Å². The van der Waals surface area contributed by atoms with Gasteiger partial charge in [0.05, 0.1) is 13.2 Å². The van der Waals surface area contributed by atoms with Crippen LogP contribution in [0.5, 0.6) is 5.75 Å². The molecule has 1 aromatic rings. The molecule has 0 atom stereocenters. The molecule has 1 amide bonds. The highest BCUT2D eigenvalue weighted by Gasteiger charge is 2.32.